The molecule has 4 rings (SSSR count). The summed E-state index contributed by atoms with van der Waals surface area (Å²) in [6.07, 6.45) is -4.63. The Kier molecular flexibility index (Phi) is 11.5. The Morgan fingerprint density at radius 1 is 0.367 bits per heavy atom. The Morgan fingerprint density at radius 3 is 0.694 bits per heavy atom. The quantitative estimate of drug-likeness (QED) is 0.185. The predicted molar refractivity (Wildman–Crippen MR) is 148 cm³/mol. The molecule has 0 unspecified atom stereocenters. The number of hydroxylamine groups is 8. The minimum Gasteiger partial charge on any atom is -0.330 e. The van der Waals surface area contributed by atoms with E-state index in [0.29, 0.717) is 20.3 Å². The SMILES string of the molecule is O=C(CCC(CCC(=O)ON1C(=O)CCC1=O)(CCC(=O)ON1C(=O)CCC1=O)CCC(=O)ON1C(=O)CCC1=O)ON1C(=O)CCC1=O. The molecule has 0 aromatic rings. The summed E-state index contributed by atoms with van der Waals surface area (Å²) < 4.78 is 0. The second-order valence-electron chi connectivity index (χ2n) is 11.7. The van der Waals surface area contributed by atoms with E-state index in [2.05, 4.69) is 0 Å². The molecule has 0 atom stereocenters. The van der Waals surface area contributed by atoms with Gasteiger partial charge >= 0.3 is 23.9 Å². The molecule has 0 saturated carbocycles. The van der Waals surface area contributed by atoms with Gasteiger partial charge in [-0.1, -0.05) is 0 Å². The average Bonchev–Trinajstić information content (AvgIpc) is 3.77. The summed E-state index contributed by atoms with van der Waals surface area (Å²) in [6, 6.07) is 0. The summed E-state index contributed by atoms with van der Waals surface area (Å²) >= 11 is 0. The van der Waals surface area contributed by atoms with Gasteiger partial charge in [0.15, 0.2) is 0 Å². The van der Waals surface area contributed by atoms with E-state index in [-0.39, 0.29) is 77.0 Å². The molecule has 4 heterocycles. The molecule has 4 fully saturated rings. The molecule has 8 amide bonds. The first-order valence-corrected chi connectivity index (χ1v) is 15.4. The number of amides is 8. The van der Waals surface area contributed by atoms with Gasteiger partial charge in [0.1, 0.15) is 0 Å². The molecular formula is C29H32N4O16. The molecule has 4 aliphatic heterocycles. The zero-order valence-electron chi connectivity index (χ0n) is 26.1. The molecule has 264 valence electrons. The first-order valence-electron chi connectivity index (χ1n) is 15.4. The number of rotatable bonds is 16. The maximum atomic E-state index is 12.8. The van der Waals surface area contributed by atoms with E-state index in [9.17, 15) is 57.5 Å². The van der Waals surface area contributed by atoms with E-state index in [4.69, 9.17) is 19.4 Å². The topological polar surface area (TPSA) is 255 Å². The molecule has 0 aliphatic carbocycles. The fraction of sp³-hybridized carbons (Fsp3) is 0.586. The molecule has 0 radical (unpaired) electrons. The van der Waals surface area contributed by atoms with Crippen molar-refractivity contribution in [2.24, 2.45) is 5.41 Å². The highest BCUT2D eigenvalue weighted by Gasteiger charge is 2.40. The van der Waals surface area contributed by atoms with Crippen LogP contribution in [0, 0.1) is 5.41 Å². The third kappa shape index (κ3) is 9.29. The summed E-state index contributed by atoms with van der Waals surface area (Å²) in [5, 5.41) is 1.26. The van der Waals surface area contributed by atoms with Crippen LogP contribution >= 0.6 is 0 Å². The molecule has 0 spiro atoms. The summed E-state index contributed by atoms with van der Waals surface area (Å²) in [6.45, 7) is 0. The van der Waals surface area contributed by atoms with Crippen molar-refractivity contribution in [1.82, 2.24) is 20.3 Å². The van der Waals surface area contributed by atoms with Crippen molar-refractivity contribution >= 4 is 71.1 Å². The lowest BCUT2D eigenvalue weighted by Crippen LogP contribution is -2.35. The van der Waals surface area contributed by atoms with E-state index in [1.165, 1.54) is 0 Å². The van der Waals surface area contributed by atoms with Crippen LogP contribution in [0.25, 0.3) is 0 Å². The van der Waals surface area contributed by atoms with Crippen molar-refractivity contribution in [3.8, 4) is 0 Å². The maximum absolute atomic E-state index is 12.8. The standard InChI is InChI=1S/C29H32N4O16/c34-17-1-2-18(35)30(17)46-25(42)9-13-29(14-10-26(43)47-31-19(36)3-4-20(31)37,15-11-27(44)48-32-21(38)5-6-22(32)39)16-12-28(45)49-33-23(40)7-8-24(33)41/h1-16H2. The van der Waals surface area contributed by atoms with Gasteiger partial charge in [-0.15, -0.1) is 20.3 Å². The van der Waals surface area contributed by atoms with Crippen molar-refractivity contribution in [2.75, 3.05) is 0 Å². The lowest BCUT2D eigenvalue weighted by molar-refractivity contribution is -0.200. The summed E-state index contributed by atoms with van der Waals surface area (Å²) in [5.74, 6) is -10.2. The first kappa shape index (κ1) is 36.3. The van der Waals surface area contributed by atoms with Crippen LogP contribution < -0.4 is 0 Å². The van der Waals surface area contributed by atoms with Gasteiger partial charge in [0.25, 0.3) is 47.3 Å². The van der Waals surface area contributed by atoms with Crippen molar-refractivity contribution in [3.05, 3.63) is 0 Å². The van der Waals surface area contributed by atoms with Gasteiger partial charge in [0.2, 0.25) is 0 Å². The lowest BCUT2D eigenvalue weighted by atomic mass is 9.72. The van der Waals surface area contributed by atoms with Crippen LogP contribution in [0.4, 0.5) is 0 Å². The van der Waals surface area contributed by atoms with Crippen LogP contribution in [0.1, 0.15) is 103 Å². The monoisotopic (exact) mass is 692 g/mol. The number of carbonyl (C=O) groups excluding carboxylic acids is 12. The van der Waals surface area contributed by atoms with Gasteiger partial charge in [-0.25, -0.2) is 19.2 Å². The van der Waals surface area contributed by atoms with E-state index < -0.39 is 102 Å². The predicted octanol–water partition coefficient (Wildman–Crippen LogP) is -0.478. The number of hydrogen-bond acceptors (Lipinski definition) is 16. The van der Waals surface area contributed by atoms with Gasteiger partial charge in [-0.05, 0) is 31.1 Å². The Bertz CT molecular complexity index is 1220. The van der Waals surface area contributed by atoms with Gasteiger partial charge < -0.3 is 19.4 Å². The van der Waals surface area contributed by atoms with Crippen molar-refractivity contribution in [1.29, 1.82) is 0 Å². The van der Waals surface area contributed by atoms with Crippen molar-refractivity contribution < 1.29 is 76.9 Å². The normalized spacial score (nSPS) is 18.3. The Hall–Kier alpha value is -5.56. The smallest absolute Gasteiger partial charge is 0.330 e. The molecule has 49 heavy (non-hydrogen) atoms. The number of carbonyl (C=O) groups is 12. The van der Waals surface area contributed by atoms with Crippen LogP contribution in [0.2, 0.25) is 0 Å². The molecule has 0 N–H and O–H groups in total. The zero-order chi connectivity index (χ0) is 35.9. The lowest BCUT2D eigenvalue weighted by Gasteiger charge is -2.34. The first-order chi connectivity index (χ1) is 23.2. The number of hydrogen-bond donors (Lipinski definition) is 0. The molecule has 20 nitrogen and oxygen atoms in total. The molecule has 20 heteroatoms. The minimum atomic E-state index is -1.40. The van der Waals surface area contributed by atoms with E-state index in [1.54, 1.807) is 0 Å². The van der Waals surface area contributed by atoms with Crippen molar-refractivity contribution in [3.63, 3.8) is 0 Å². The van der Waals surface area contributed by atoms with Crippen LogP contribution in [0.15, 0.2) is 0 Å². The Labute approximate surface area is 276 Å². The molecule has 0 aromatic heterocycles. The van der Waals surface area contributed by atoms with E-state index in [1.807, 2.05) is 0 Å². The largest absolute Gasteiger partial charge is 0.333 e. The third-order valence-electron chi connectivity index (χ3n) is 8.23. The molecule has 0 bridgehead atoms. The van der Waals surface area contributed by atoms with Crippen LogP contribution in [-0.2, 0) is 76.9 Å². The van der Waals surface area contributed by atoms with Gasteiger partial charge in [0, 0.05) is 77.0 Å². The fourth-order valence-corrected chi connectivity index (χ4v) is 5.44. The van der Waals surface area contributed by atoms with Crippen molar-refractivity contribution in [2.45, 2.75) is 103 Å². The Morgan fingerprint density at radius 2 is 0.531 bits per heavy atom. The molecule has 0 aromatic carbocycles. The third-order valence-corrected chi connectivity index (χ3v) is 8.23. The van der Waals surface area contributed by atoms with E-state index in [0.717, 1.165) is 0 Å². The maximum Gasteiger partial charge on any atom is 0.333 e. The van der Waals surface area contributed by atoms with Crippen LogP contribution in [0.5, 0.6) is 0 Å². The molecule has 4 saturated heterocycles. The second kappa shape index (κ2) is 15.6. The summed E-state index contributed by atoms with van der Waals surface area (Å²) in [4.78, 5) is 166. The fourth-order valence-electron chi connectivity index (χ4n) is 5.44. The van der Waals surface area contributed by atoms with Gasteiger partial charge in [0.05, 0.1) is 0 Å². The van der Waals surface area contributed by atoms with Gasteiger partial charge in [-0.2, -0.15) is 0 Å². The average molecular weight is 693 g/mol. The van der Waals surface area contributed by atoms with Crippen LogP contribution in [-0.4, -0.2) is 91.4 Å². The molecule has 4 aliphatic rings. The van der Waals surface area contributed by atoms with E-state index >= 15 is 0 Å². The Balaban J connectivity index is 1.52. The van der Waals surface area contributed by atoms with Crippen LogP contribution in [0.3, 0.4) is 0 Å². The second-order valence-corrected chi connectivity index (χ2v) is 11.7. The number of nitrogens with zero attached hydrogens (tertiary/aromatic N) is 4. The highest BCUT2D eigenvalue weighted by Crippen LogP contribution is 2.41. The highest BCUT2D eigenvalue weighted by atomic mass is 16.7. The summed E-state index contributed by atoms with van der Waals surface area (Å²) in [5.41, 5.74) is -1.40. The number of imide groups is 4. The minimum absolute atomic E-state index is 0.172. The van der Waals surface area contributed by atoms with Gasteiger partial charge in [-0.3, -0.25) is 38.4 Å². The summed E-state index contributed by atoms with van der Waals surface area (Å²) in [7, 11) is 0. The zero-order valence-corrected chi connectivity index (χ0v) is 26.1. The molecular weight excluding hydrogens is 660 g/mol. The highest BCUT2D eigenvalue weighted by molar-refractivity contribution is 6.03.